The Labute approximate surface area is 149 Å². The lowest BCUT2D eigenvalue weighted by atomic mass is 10.2. The number of carbonyl (C=O) groups excluding carboxylic acids is 1. The van der Waals surface area contributed by atoms with Crippen LogP contribution >= 0.6 is 15.9 Å². The molecule has 3 aromatic rings. The summed E-state index contributed by atoms with van der Waals surface area (Å²) in [6, 6.07) is 19.1. The molecule has 4 nitrogen and oxygen atoms in total. The van der Waals surface area contributed by atoms with Crippen molar-refractivity contribution in [3.63, 3.8) is 0 Å². The third-order valence-corrected chi connectivity index (χ3v) is 3.98. The lowest BCUT2D eigenvalue weighted by molar-refractivity contribution is 0.102. The zero-order valence-corrected chi connectivity index (χ0v) is 14.7. The Morgan fingerprint density at radius 3 is 2.54 bits per heavy atom. The van der Waals surface area contributed by atoms with E-state index >= 15 is 0 Å². The third-order valence-electron chi connectivity index (χ3n) is 3.49. The lowest BCUT2D eigenvalue weighted by Crippen LogP contribution is -2.14. The number of rotatable bonds is 4. The number of anilines is 3. The Kier molecular flexibility index (Phi) is 4.91. The van der Waals surface area contributed by atoms with Crippen LogP contribution in [0.25, 0.3) is 0 Å². The number of aryl methyl sites for hydroxylation is 1. The van der Waals surface area contributed by atoms with Crippen molar-refractivity contribution in [3.05, 3.63) is 82.6 Å². The molecule has 0 atom stereocenters. The molecule has 0 fully saturated rings. The standard InChI is InChI=1S/C19H16BrN3O/c1-13-11-14(20)7-8-17(13)23-19(24)18-12-16(9-10-21-18)22-15-5-3-2-4-6-15/h2-12H,1H3,(H,21,22)(H,23,24). The molecular formula is C19H16BrN3O. The first-order chi connectivity index (χ1) is 11.6. The minimum Gasteiger partial charge on any atom is -0.355 e. The van der Waals surface area contributed by atoms with Gasteiger partial charge in [0, 0.05) is 27.7 Å². The predicted molar refractivity (Wildman–Crippen MR) is 101 cm³/mol. The smallest absolute Gasteiger partial charge is 0.274 e. The number of amides is 1. The summed E-state index contributed by atoms with van der Waals surface area (Å²) in [5.41, 5.74) is 3.88. The van der Waals surface area contributed by atoms with Gasteiger partial charge in [-0.1, -0.05) is 34.1 Å². The molecule has 1 amide bonds. The topological polar surface area (TPSA) is 54.0 Å². The second kappa shape index (κ2) is 7.27. The molecule has 0 saturated heterocycles. The highest BCUT2D eigenvalue weighted by molar-refractivity contribution is 9.10. The van der Waals surface area contributed by atoms with Gasteiger partial charge < -0.3 is 10.6 Å². The summed E-state index contributed by atoms with van der Waals surface area (Å²) >= 11 is 3.42. The second-order valence-corrected chi connectivity index (χ2v) is 6.25. The number of carbonyl (C=O) groups is 1. The van der Waals surface area contributed by atoms with Crippen molar-refractivity contribution in [2.24, 2.45) is 0 Å². The van der Waals surface area contributed by atoms with Crippen LogP contribution in [-0.2, 0) is 0 Å². The second-order valence-electron chi connectivity index (χ2n) is 5.33. The number of aromatic nitrogens is 1. The number of halogens is 1. The van der Waals surface area contributed by atoms with Gasteiger partial charge in [-0.25, -0.2) is 0 Å². The Hall–Kier alpha value is -2.66. The van der Waals surface area contributed by atoms with Gasteiger partial charge in [-0.15, -0.1) is 0 Å². The van der Waals surface area contributed by atoms with Gasteiger partial charge in [0.2, 0.25) is 0 Å². The summed E-state index contributed by atoms with van der Waals surface area (Å²) in [4.78, 5) is 16.6. The molecule has 0 bridgehead atoms. The van der Waals surface area contributed by atoms with Crippen molar-refractivity contribution in [2.45, 2.75) is 6.92 Å². The van der Waals surface area contributed by atoms with Crippen LogP contribution in [0.15, 0.2) is 71.3 Å². The largest absolute Gasteiger partial charge is 0.355 e. The summed E-state index contributed by atoms with van der Waals surface area (Å²) < 4.78 is 0.977. The van der Waals surface area contributed by atoms with Crippen molar-refractivity contribution >= 4 is 38.9 Å². The summed E-state index contributed by atoms with van der Waals surface area (Å²) in [7, 11) is 0. The van der Waals surface area contributed by atoms with E-state index in [2.05, 4.69) is 31.5 Å². The van der Waals surface area contributed by atoms with Gasteiger partial charge in [-0.2, -0.15) is 0 Å². The highest BCUT2D eigenvalue weighted by Crippen LogP contribution is 2.21. The molecule has 0 aliphatic rings. The van der Waals surface area contributed by atoms with Gasteiger partial charge in [-0.05, 0) is 55.0 Å². The molecule has 120 valence electrons. The van der Waals surface area contributed by atoms with Gasteiger partial charge in [0.1, 0.15) is 5.69 Å². The fourth-order valence-electron chi connectivity index (χ4n) is 2.27. The zero-order chi connectivity index (χ0) is 16.9. The number of nitrogens with zero attached hydrogens (tertiary/aromatic N) is 1. The molecule has 0 radical (unpaired) electrons. The van der Waals surface area contributed by atoms with Crippen molar-refractivity contribution in [1.29, 1.82) is 0 Å². The first kappa shape index (κ1) is 16.2. The van der Waals surface area contributed by atoms with Crippen molar-refractivity contribution < 1.29 is 4.79 Å². The quantitative estimate of drug-likeness (QED) is 0.656. The van der Waals surface area contributed by atoms with Crippen molar-refractivity contribution in [1.82, 2.24) is 4.98 Å². The maximum absolute atomic E-state index is 12.4. The summed E-state index contributed by atoms with van der Waals surface area (Å²) in [5.74, 6) is -0.239. The van der Waals surface area contributed by atoms with E-state index in [4.69, 9.17) is 0 Å². The maximum Gasteiger partial charge on any atom is 0.274 e. The van der Waals surface area contributed by atoms with Crippen LogP contribution in [0.5, 0.6) is 0 Å². The van der Waals surface area contributed by atoms with Crippen LogP contribution in [0.4, 0.5) is 17.1 Å². The molecule has 0 unspecified atom stereocenters. The molecular weight excluding hydrogens is 366 g/mol. The minimum absolute atomic E-state index is 0.239. The average molecular weight is 382 g/mol. The highest BCUT2D eigenvalue weighted by Gasteiger charge is 2.10. The lowest BCUT2D eigenvalue weighted by Gasteiger charge is -2.10. The van der Waals surface area contributed by atoms with Crippen molar-refractivity contribution in [3.8, 4) is 0 Å². The van der Waals surface area contributed by atoms with Crippen LogP contribution in [-0.4, -0.2) is 10.9 Å². The molecule has 2 aromatic carbocycles. The fraction of sp³-hybridized carbons (Fsp3) is 0.0526. The van der Waals surface area contributed by atoms with Crippen LogP contribution in [0.2, 0.25) is 0 Å². The molecule has 2 N–H and O–H groups in total. The molecule has 5 heteroatoms. The first-order valence-corrected chi connectivity index (χ1v) is 8.27. The molecule has 1 aromatic heterocycles. The Balaban J connectivity index is 1.77. The monoisotopic (exact) mass is 381 g/mol. The highest BCUT2D eigenvalue weighted by atomic mass is 79.9. The number of para-hydroxylation sites is 1. The molecule has 0 aliphatic heterocycles. The first-order valence-electron chi connectivity index (χ1n) is 7.47. The van der Waals surface area contributed by atoms with Gasteiger partial charge in [0.05, 0.1) is 0 Å². The Bertz CT molecular complexity index is 865. The average Bonchev–Trinajstić information content (AvgIpc) is 2.58. The number of hydrogen-bond donors (Lipinski definition) is 2. The van der Waals surface area contributed by atoms with Crippen LogP contribution in [0.1, 0.15) is 16.1 Å². The molecule has 0 saturated carbocycles. The SMILES string of the molecule is Cc1cc(Br)ccc1NC(=O)c1cc(Nc2ccccc2)ccn1. The predicted octanol–water partition coefficient (Wildman–Crippen LogP) is 5.15. The Morgan fingerprint density at radius 1 is 1.00 bits per heavy atom. The van der Waals surface area contributed by atoms with E-state index in [-0.39, 0.29) is 5.91 Å². The van der Waals surface area contributed by atoms with Gasteiger partial charge in [0.15, 0.2) is 0 Å². The van der Waals surface area contributed by atoms with E-state index < -0.39 is 0 Å². The van der Waals surface area contributed by atoms with E-state index in [1.807, 2.05) is 61.5 Å². The summed E-state index contributed by atoms with van der Waals surface area (Å²) in [5, 5.41) is 6.15. The molecule has 1 heterocycles. The number of benzene rings is 2. The van der Waals surface area contributed by atoms with Gasteiger partial charge >= 0.3 is 0 Å². The van der Waals surface area contributed by atoms with Gasteiger partial charge in [-0.3, -0.25) is 9.78 Å². The van der Waals surface area contributed by atoms with E-state index in [0.29, 0.717) is 5.69 Å². The summed E-state index contributed by atoms with van der Waals surface area (Å²) in [6.07, 6.45) is 1.62. The third kappa shape index (κ3) is 4.00. The van der Waals surface area contributed by atoms with Crippen molar-refractivity contribution in [2.75, 3.05) is 10.6 Å². The van der Waals surface area contributed by atoms with E-state index in [1.54, 1.807) is 12.3 Å². The summed E-state index contributed by atoms with van der Waals surface area (Å²) in [6.45, 7) is 1.95. The van der Waals surface area contributed by atoms with Crippen LogP contribution in [0, 0.1) is 6.92 Å². The number of hydrogen-bond acceptors (Lipinski definition) is 3. The zero-order valence-electron chi connectivity index (χ0n) is 13.1. The molecule has 24 heavy (non-hydrogen) atoms. The van der Waals surface area contributed by atoms with Gasteiger partial charge in [0.25, 0.3) is 5.91 Å². The normalized spacial score (nSPS) is 10.2. The maximum atomic E-state index is 12.4. The molecule has 0 aliphatic carbocycles. The van der Waals surface area contributed by atoms with E-state index in [9.17, 15) is 4.79 Å². The fourth-order valence-corrected chi connectivity index (χ4v) is 2.75. The van der Waals surface area contributed by atoms with E-state index in [0.717, 1.165) is 27.1 Å². The minimum atomic E-state index is -0.239. The number of nitrogens with one attached hydrogen (secondary N) is 2. The Morgan fingerprint density at radius 2 is 1.79 bits per heavy atom. The van der Waals surface area contributed by atoms with Crippen LogP contribution in [0.3, 0.4) is 0 Å². The molecule has 0 spiro atoms. The molecule has 3 rings (SSSR count). The number of pyridine rings is 1. The van der Waals surface area contributed by atoms with Crippen LogP contribution < -0.4 is 10.6 Å². The van der Waals surface area contributed by atoms with E-state index in [1.165, 1.54) is 0 Å².